The molecule has 12 heteroatoms. The van der Waals surface area contributed by atoms with Crippen LogP contribution in [0.5, 0.6) is 11.6 Å². The van der Waals surface area contributed by atoms with Crippen LogP contribution in [0.4, 0.5) is 10.2 Å². The zero-order valence-electron chi connectivity index (χ0n) is 26.4. The summed E-state index contributed by atoms with van der Waals surface area (Å²) in [4.78, 5) is 33.8. The monoisotopic (exact) mass is 628 g/mol. The zero-order chi connectivity index (χ0) is 31.6. The van der Waals surface area contributed by atoms with Crippen LogP contribution in [0.15, 0.2) is 35.4 Å². The van der Waals surface area contributed by atoms with Crippen molar-refractivity contribution in [3.05, 3.63) is 52.3 Å². The molecule has 11 nitrogen and oxygen atoms in total. The second kappa shape index (κ2) is 11.4. The highest BCUT2D eigenvalue weighted by Crippen LogP contribution is 2.48. The lowest BCUT2D eigenvalue weighted by atomic mass is 9.68. The van der Waals surface area contributed by atoms with Crippen LogP contribution in [0.2, 0.25) is 0 Å². The summed E-state index contributed by atoms with van der Waals surface area (Å²) in [6.45, 7) is 8.40. The summed E-state index contributed by atoms with van der Waals surface area (Å²) in [6.07, 6.45) is 8.66. The first-order chi connectivity index (χ1) is 22.2. The molecule has 8 rings (SSSR count). The van der Waals surface area contributed by atoms with Gasteiger partial charge in [-0.05, 0) is 86.5 Å². The van der Waals surface area contributed by atoms with Crippen LogP contribution in [-0.4, -0.2) is 74.4 Å². The number of amides is 1. The molecule has 2 aromatic heterocycles. The van der Waals surface area contributed by atoms with Crippen molar-refractivity contribution < 1.29 is 13.9 Å². The van der Waals surface area contributed by atoms with Crippen LogP contribution in [0.25, 0.3) is 11.3 Å². The van der Waals surface area contributed by atoms with E-state index < -0.39 is 5.82 Å². The third kappa shape index (κ3) is 5.65. The average molecular weight is 629 g/mol. The SMILES string of the molecule is CC(C)[C@H](C1CC(NC(=O)C2CC2)C1)N1CC2(CCN(c3ncnnc3Oc3ccc(F)cc3-c3n[nH]c(=O)cc3C3CC3)C2)C1. The molecule has 4 heterocycles. The van der Waals surface area contributed by atoms with Gasteiger partial charge in [0.25, 0.3) is 11.4 Å². The molecule has 242 valence electrons. The maximum atomic E-state index is 14.5. The molecule has 1 aromatic carbocycles. The van der Waals surface area contributed by atoms with Crippen molar-refractivity contribution in [3.8, 4) is 22.9 Å². The number of H-pyrrole nitrogens is 1. The van der Waals surface area contributed by atoms with Crippen molar-refractivity contribution in [2.45, 2.75) is 76.8 Å². The Morgan fingerprint density at radius 2 is 1.93 bits per heavy atom. The van der Waals surface area contributed by atoms with Crippen LogP contribution >= 0.6 is 0 Å². The summed E-state index contributed by atoms with van der Waals surface area (Å²) in [5.74, 6) is 2.75. The average Bonchev–Trinajstić information content (AvgIpc) is 3.94. The fourth-order valence-electron chi connectivity index (χ4n) is 8.15. The lowest BCUT2D eigenvalue weighted by Gasteiger charge is -2.57. The number of aromatic amines is 1. The molecule has 46 heavy (non-hydrogen) atoms. The number of hydrogen-bond donors (Lipinski definition) is 2. The molecule has 1 spiro atoms. The first-order valence-electron chi connectivity index (χ1n) is 16.8. The molecule has 0 bridgehead atoms. The van der Waals surface area contributed by atoms with E-state index in [1.165, 1.54) is 18.5 Å². The van der Waals surface area contributed by atoms with E-state index in [-0.39, 0.29) is 34.6 Å². The number of anilines is 1. The number of aromatic nitrogens is 5. The minimum atomic E-state index is -0.425. The van der Waals surface area contributed by atoms with Crippen molar-refractivity contribution in [2.24, 2.45) is 23.2 Å². The Kier molecular flexibility index (Phi) is 7.30. The molecule has 5 fully saturated rings. The standard InChI is InChI=1S/C34H41FN8O3/c1-19(2)30(22-11-24(12-22)38-32(45)21-5-6-21)43-16-34(17-43)9-10-42(15-34)31-33(41-37-18-36-31)46-27-8-7-23(35)13-26(27)29-25(20-3-4-20)14-28(44)39-40-29/h7-8,13-14,18-22,24,30H,3-6,9-12,15-17H2,1-2H3,(H,38,45)(H,39,44)/t22?,24?,30-/m1/s1. The highest BCUT2D eigenvalue weighted by Gasteiger charge is 2.53. The molecular weight excluding hydrogens is 587 g/mol. The summed E-state index contributed by atoms with van der Waals surface area (Å²) >= 11 is 0. The molecule has 2 N–H and O–H groups in total. The van der Waals surface area contributed by atoms with Crippen molar-refractivity contribution in [1.29, 1.82) is 0 Å². The van der Waals surface area contributed by atoms with Gasteiger partial charge in [-0.15, -0.1) is 10.2 Å². The zero-order valence-corrected chi connectivity index (χ0v) is 26.4. The van der Waals surface area contributed by atoms with E-state index in [4.69, 9.17) is 4.74 Å². The number of likely N-dealkylation sites (tertiary alicyclic amines) is 1. The first kappa shape index (κ1) is 29.5. The number of rotatable bonds is 10. The Balaban J connectivity index is 0.957. The number of ether oxygens (including phenoxy) is 1. The second-order valence-electron chi connectivity index (χ2n) is 14.7. The molecule has 0 radical (unpaired) electrons. The molecule has 3 aliphatic carbocycles. The summed E-state index contributed by atoms with van der Waals surface area (Å²) in [5, 5.41) is 18.4. The number of halogens is 1. The van der Waals surface area contributed by atoms with E-state index in [2.05, 4.69) is 54.3 Å². The number of nitrogens with one attached hydrogen (secondary N) is 2. The van der Waals surface area contributed by atoms with Gasteiger partial charge in [-0.3, -0.25) is 14.5 Å². The number of hydrogen-bond acceptors (Lipinski definition) is 9. The fourth-order valence-corrected chi connectivity index (χ4v) is 8.15. The number of carbonyl (C=O) groups excluding carboxylic acids is 1. The Morgan fingerprint density at radius 1 is 1.13 bits per heavy atom. The summed E-state index contributed by atoms with van der Waals surface area (Å²) in [5.41, 5.74) is 1.66. The summed E-state index contributed by atoms with van der Waals surface area (Å²) in [7, 11) is 0. The minimum absolute atomic E-state index is 0.179. The van der Waals surface area contributed by atoms with E-state index in [0.717, 1.165) is 76.7 Å². The molecule has 3 aromatic rings. The fraction of sp³-hybridized carbons (Fsp3) is 0.588. The Morgan fingerprint density at radius 3 is 2.67 bits per heavy atom. The molecule has 3 saturated carbocycles. The number of carbonyl (C=O) groups is 1. The van der Waals surface area contributed by atoms with E-state index in [9.17, 15) is 14.0 Å². The van der Waals surface area contributed by atoms with Gasteiger partial charge in [0.1, 0.15) is 17.9 Å². The van der Waals surface area contributed by atoms with Crippen LogP contribution in [0.3, 0.4) is 0 Å². The molecular formula is C34H41FN8O3. The van der Waals surface area contributed by atoms with Gasteiger partial charge in [0.05, 0.1) is 5.69 Å². The third-order valence-electron chi connectivity index (χ3n) is 10.7. The van der Waals surface area contributed by atoms with Gasteiger partial charge in [-0.2, -0.15) is 5.10 Å². The molecule has 1 atom stereocenters. The maximum Gasteiger partial charge on any atom is 0.282 e. The molecule has 2 saturated heterocycles. The van der Waals surface area contributed by atoms with Crippen molar-refractivity contribution in [3.63, 3.8) is 0 Å². The number of nitrogens with zero attached hydrogens (tertiary/aromatic N) is 6. The second-order valence-corrected chi connectivity index (χ2v) is 14.7. The van der Waals surface area contributed by atoms with Crippen LogP contribution in [-0.2, 0) is 4.79 Å². The van der Waals surface area contributed by atoms with Crippen LogP contribution in [0, 0.1) is 29.0 Å². The molecule has 1 amide bonds. The van der Waals surface area contributed by atoms with E-state index >= 15 is 0 Å². The van der Waals surface area contributed by atoms with Crippen LogP contribution in [0.1, 0.15) is 70.3 Å². The lowest BCUT2D eigenvalue weighted by Crippen LogP contribution is -2.65. The lowest BCUT2D eigenvalue weighted by molar-refractivity contribution is -0.124. The minimum Gasteiger partial charge on any atom is -0.434 e. The molecule has 2 aliphatic heterocycles. The predicted octanol–water partition coefficient (Wildman–Crippen LogP) is 4.27. The number of benzene rings is 1. The van der Waals surface area contributed by atoms with Gasteiger partial charge in [0.2, 0.25) is 5.91 Å². The van der Waals surface area contributed by atoms with Gasteiger partial charge in [-0.1, -0.05) is 13.8 Å². The maximum absolute atomic E-state index is 14.5. The first-order valence-corrected chi connectivity index (χ1v) is 16.8. The van der Waals surface area contributed by atoms with Crippen molar-refractivity contribution in [2.75, 3.05) is 31.1 Å². The quantitative estimate of drug-likeness (QED) is 0.338. The van der Waals surface area contributed by atoms with Gasteiger partial charge < -0.3 is 15.0 Å². The Hall–Kier alpha value is -3.93. The Bertz CT molecular complexity index is 1690. The summed E-state index contributed by atoms with van der Waals surface area (Å²) in [6, 6.07) is 6.70. The Labute approximate surface area is 267 Å². The smallest absolute Gasteiger partial charge is 0.282 e. The largest absolute Gasteiger partial charge is 0.434 e. The van der Waals surface area contributed by atoms with E-state index in [1.807, 2.05) is 0 Å². The van der Waals surface area contributed by atoms with Gasteiger partial charge in [0.15, 0.2) is 5.82 Å². The van der Waals surface area contributed by atoms with Crippen molar-refractivity contribution in [1.82, 2.24) is 35.6 Å². The molecule has 0 unspecified atom stereocenters. The third-order valence-corrected chi connectivity index (χ3v) is 10.7. The van der Waals surface area contributed by atoms with Crippen molar-refractivity contribution >= 4 is 11.7 Å². The predicted molar refractivity (Wildman–Crippen MR) is 169 cm³/mol. The van der Waals surface area contributed by atoms with Gasteiger partial charge >= 0.3 is 0 Å². The van der Waals surface area contributed by atoms with Crippen LogP contribution < -0.4 is 20.5 Å². The normalized spacial score (nSPS) is 24.5. The van der Waals surface area contributed by atoms with Gasteiger partial charge in [-0.25, -0.2) is 14.5 Å². The topological polar surface area (TPSA) is 129 Å². The van der Waals surface area contributed by atoms with E-state index in [1.54, 1.807) is 12.1 Å². The highest BCUT2D eigenvalue weighted by molar-refractivity contribution is 5.81. The van der Waals surface area contributed by atoms with Gasteiger partial charge in [0, 0.05) is 61.2 Å². The van der Waals surface area contributed by atoms with E-state index in [0.29, 0.717) is 46.7 Å². The summed E-state index contributed by atoms with van der Waals surface area (Å²) < 4.78 is 20.9. The highest BCUT2D eigenvalue weighted by atomic mass is 19.1. The molecule has 5 aliphatic rings.